The van der Waals surface area contributed by atoms with Crippen molar-refractivity contribution in [3.63, 3.8) is 0 Å². The van der Waals surface area contributed by atoms with Crippen LogP contribution in [0, 0.1) is 0 Å². The van der Waals surface area contributed by atoms with Gasteiger partial charge in [0.2, 0.25) is 0 Å². The lowest BCUT2D eigenvalue weighted by Crippen LogP contribution is -2.39. The zero-order valence-electron chi connectivity index (χ0n) is 22.7. The van der Waals surface area contributed by atoms with Gasteiger partial charge in [-0.2, -0.15) is 0 Å². The van der Waals surface area contributed by atoms with Crippen LogP contribution in [0.4, 0.5) is 0 Å². The minimum atomic E-state index is -0.613. The Morgan fingerprint density at radius 3 is 2.46 bits per heavy atom. The molecule has 41 heavy (non-hydrogen) atoms. The minimum Gasteiger partial charge on any atom is -0.489 e. The molecule has 0 radical (unpaired) electrons. The molecule has 1 aromatic heterocycles. The molecular formula is C34H28N2O4S. The van der Waals surface area contributed by atoms with Gasteiger partial charge in [-0.1, -0.05) is 96.3 Å². The van der Waals surface area contributed by atoms with Crippen LogP contribution in [0.3, 0.4) is 0 Å². The molecule has 0 saturated heterocycles. The Bertz CT molecular complexity index is 1950. The first-order chi connectivity index (χ1) is 20.0. The van der Waals surface area contributed by atoms with E-state index in [0.29, 0.717) is 27.2 Å². The van der Waals surface area contributed by atoms with Gasteiger partial charge in [0.15, 0.2) is 4.80 Å². The molecule has 0 fully saturated rings. The summed E-state index contributed by atoms with van der Waals surface area (Å²) in [6.45, 7) is 4.25. The van der Waals surface area contributed by atoms with Gasteiger partial charge in [0.05, 0.1) is 28.5 Å². The van der Waals surface area contributed by atoms with Crippen molar-refractivity contribution in [1.82, 2.24) is 4.57 Å². The predicted octanol–water partition coefficient (Wildman–Crippen LogP) is 5.53. The number of aromatic nitrogens is 1. The van der Waals surface area contributed by atoms with Gasteiger partial charge in [-0.25, -0.2) is 9.79 Å². The predicted molar refractivity (Wildman–Crippen MR) is 162 cm³/mol. The molecule has 6 nitrogen and oxygen atoms in total. The maximum absolute atomic E-state index is 13.8. The van der Waals surface area contributed by atoms with Crippen LogP contribution in [0.5, 0.6) is 5.75 Å². The van der Waals surface area contributed by atoms with E-state index in [1.165, 1.54) is 22.1 Å². The van der Waals surface area contributed by atoms with Crippen LogP contribution in [-0.2, 0) is 16.1 Å². The summed E-state index contributed by atoms with van der Waals surface area (Å²) in [6, 6.07) is 31.1. The number of hydrogen-bond acceptors (Lipinski definition) is 6. The number of nitrogens with zero attached hydrogens (tertiary/aromatic N) is 2. The maximum atomic E-state index is 13.8. The van der Waals surface area contributed by atoms with Gasteiger partial charge in [0, 0.05) is 0 Å². The van der Waals surface area contributed by atoms with Gasteiger partial charge in [-0.15, -0.1) is 0 Å². The molecule has 0 unspecified atom stereocenters. The average Bonchev–Trinajstić information content (AvgIpc) is 3.30. The number of ether oxygens (including phenoxy) is 2. The maximum Gasteiger partial charge on any atom is 0.338 e. The lowest BCUT2D eigenvalue weighted by molar-refractivity contribution is -0.139. The Kier molecular flexibility index (Phi) is 7.35. The zero-order valence-corrected chi connectivity index (χ0v) is 23.6. The van der Waals surface area contributed by atoms with Crippen LogP contribution in [0.2, 0.25) is 0 Å². The topological polar surface area (TPSA) is 69.9 Å². The highest BCUT2D eigenvalue weighted by Crippen LogP contribution is 2.30. The summed E-state index contributed by atoms with van der Waals surface area (Å²) in [5, 5.41) is 2.36. The average molecular weight is 561 g/mol. The van der Waals surface area contributed by atoms with Crippen molar-refractivity contribution in [3.05, 3.63) is 145 Å². The van der Waals surface area contributed by atoms with Crippen molar-refractivity contribution in [2.45, 2.75) is 26.5 Å². The molecule has 5 aromatic rings. The second kappa shape index (κ2) is 11.4. The number of fused-ring (bicyclic) bond motifs is 2. The summed E-state index contributed by atoms with van der Waals surface area (Å²) in [5.41, 5.74) is 3.55. The van der Waals surface area contributed by atoms with Crippen molar-refractivity contribution in [2.24, 2.45) is 4.99 Å². The zero-order chi connectivity index (χ0) is 28.3. The number of hydrogen-bond donors (Lipinski definition) is 0. The van der Waals surface area contributed by atoms with Crippen LogP contribution in [0.25, 0.3) is 16.8 Å². The SMILES string of the molecule is CCOC(=O)C1=C(C)N=c2s/c(=C/c3ccc(OCc4cccc5ccccc45)cc3)c(=O)n2[C@H]1c1ccccc1. The quantitative estimate of drug-likeness (QED) is 0.246. The summed E-state index contributed by atoms with van der Waals surface area (Å²) in [5.74, 6) is 0.284. The number of carbonyl (C=O) groups excluding carboxylic acids is 1. The lowest BCUT2D eigenvalue weighted by atomic mass is 9.96. The Morgan fingerprint density at radius 1 is 0.951 bits per heavy atom. The smallest absolute Gasteiger partial charge is 0.338 e. The van der Waals surface area contributed by atoms with Gasteiger partial charge >= 0.3 is 5.97 Å². The molecular weight excluding hydrogens is 532 g/mol. The summed E-state index contributed by atoms with van der Waals surface area (Å²) >= 11 is 1.31. The number of allylic oxidation sites excluding steroid dienone is 1. The second-order valence-corrected chi connectivity index (χ2v) is 10.7. The second-order valence-electron chi connectivity index (χ2n) is 9.71. The van der Waals surface area contributed by atoms with Crippen molar-refractivity contribution in [2.75, 3.05) is 6.61 Å². The number of rotatable bonds is 7. The van der Waals surface area contributed by atoms with E-state index in [9.17, 15) is 9.59 Å². The molecule has 1 aliphatic rings. The minimum absolute atomic E-state index is 0.201. The molecule has 0 saturated carbocycles. The van der Waals surface area contributed by atoms with Crippen molar-refractivity contribution >= 4 is 34.2 Å². The number of thiazole rings is 1. The lowest BCUT2D eigenvalue weighted by Gasteiger charge is -2.24. The van der Waals surface area contributed by atoms with E-state index < -0.39 is 12.0 Å². The van der Waals surface area contributed by atoms with Gasteiger partial charge in [-0.3, -0.25) is 9.36 Å². The molecule has 0 amide bonds. The highest BCUT2D eigenvalue weighted by molar-refractivity contribution is 7.07. The van der Waals surface area contributed by atoms with E-state index in [-0.39, 0.29) is 12.2 Å². The molecule has 1 atom stereocenters. The standard InChI is InChI=1S/C34H28N2O4S/c1-3-39-33(38)30-22(2)35-34-36(31(30)25-11-5-4-6-12-25)32(37)29(41-34)20-23-16-18-27(19-17-23)40-21-26-14-9-13-24-10-7-8-15-28(24)26/h4-20,31H,3,21H2,1-2H3/b29-20+/t31-/m0/s1. The van der Waals surface area contributed by atoms with E-state index in [0.717, 1.165) is 22.4 Å². The van der Waals surface area contributed by atoms with E-state index in [1.54, 1.807) is 18.4 Å². The normalized spacial score (nSPS) is 15.0. The van der Waals surface area contributed by atoms with Gasteiger partial charge in [0.25, 0.3) is 5.56 Å². The van der Waals surface area contributed by atoms with Crippen LogP contribution >= 0.6 is 11.3 Å². The first-order valence-electron chi connectivity index (χ1n) is 13.5. The van der Waals surface area contributed by atoms with Crippen LogP contribution in [0.15, 0.2) is 118 Å². The van der Waals surface area contributed by atoms with Crippen LogP contribution < -0.4 is 19.6 Å². The van der Waals surface area contributed by atoms with Crippen molar-refractivity contribution in [1.29, 1.82) is 0 Å². The number of benzene rings is 4. The van der Waals surface area contributed by atoms with Gasteiger partial charge in [-0.05, 0) is 59.5 Å². The highest BCUT2D eigenvalue weighted by Gasteiger charge is 2.33. The molecule has 0 spiro atoms. The van der Waals surface area contributed by atoms with E-state index in [4.69, 9.17) is 9.47 Å². The molecule has 7 heteroatoms. The molecule has 0 bridgehead atoms. The number of esters is 1. The Morgan fingerprint density at radius 2 is 1.68 bits per heavy atom. The summed E-state index contributed by atoms with van der Waals surface area (Å²) in [4.78, 5) is 31.9. The Labute approximate surface area is 241 Å². The molecule has 0 N–H and O–H groups in total. The van der Waals surface area contributed by atoms with E-state index in [2.05, 4.69) is 29.3 Å². The summed E-state index contributed by atoms with van der Waals surface area (Å²) in [7, 11) is 0. The van der Waals surface area contributed by atoms with Gasteiger partial charge in [0.1, 0.15) is 12.4 Å². The summed E-state index contributed by atoms with van der Waals surface area (Å²) in [6.07, 6.45) is 1.85. The number of carbonyl (C=O) groups is 1. The van der Waals surface area contributed by atoms with Gasteiger partial charge < -0.3 is 9.47 Å². The third-order valence-corrected chi connectivity index (χ3v) is 8.07. The largest absolute Gasteiger partial charge is 0.489 e. The molecule has 1 aliphatic heterocycles. The first kappa shape index (κ1) is 26.5. The molecule has 204 valence electrons. The Balaban J connectivity index is 1.31. The highest BCUT2D eigenvalue weighted by atomic mass is 32.1. The molecule has 6 rings (SSSR count). The van der Waals surface area contributed by atoms with E-state index in [1.807, 2.05) is 78.9 Å². The monoisotopic (exact) mass is 560 g/mol. The fourth-order valence-electron chi connectivity index (χ4n) is 5.13. The molecule has 2 heterocycles. The van der Waals surface area contributed by atoms with Crippen molar-refractivity contribution in [3.8, 4) is 5.75 Å². The third kappa shape index (κ3) is 5.24. The van der Waals surface area contributed by atoms with Crippen molar-refractivity contribution < 1.29 is 14.3 Å². The Hall–Kier alpha value is -4.75. The summed E-state index contributed by atoms with van der Waals surface area (Å²) < 4.78 is 13.6. The molecule has 0 aliphatic carbocycles. The van der Waals surface area contributed by atoms with E-state index >= 15 is 0 Å². The third-order valence-electron chi connectivity index (χ3n) is 7.08. The van der Waals surface area contributed by atoms with Crippen LogP contribution in [0.1, 0.15) is 36.6 Å². The first-order valence-corrected chi connectivity index (χ1v) is 14.3. The fourth-order valence-corrected chi connectivity index (χ4v) is 6.18. The van der Waals surface area contributed by atoms with Crippen LogP contribution in [-0.4, -0.2) is 17.1 Å². The molecule has 4 aromatic carbocycles. The fraction of sp³-hybridized carbons (Fsp3) is 0.147.